The normalized spacial score (nSPS) is 12.0. The van der Waals surface area contributed by atoms with Crippen LogP contribution in [0.4, 0.5) is 13.2 Å². The molecule has 0 aliphatic rings. The Labute approximate surface area is 128 Å². The molecule has 0 atom stereocenters. The number of phenols is 1. The fourth-order valence-electron chi connectivity index (χ4n) is 2.30. The number of aryl methyl sites for hydroxylation is 1. The Balaban J connectivity index is 2.16. The van der Waals surface area contributed by atoms with Crippen molar-refractivity contribution in [2.75, 3.05) is 0 Å². The summed E-state index contributed by atoms with van der Waals surface area (Å²) in [7, 11) is 0. The van der Waals surface area contributed by atoms with E-state index < -0.39 is 11.7 Å². The van der Waals surface area contributed by atoms with E-state index in [2.05, 4.69) is 10.2 Å². The van der Waals surface area contributed by atoms with E-state index in [1.165, 1.54) is 6.07 Å². The maximum atomic E-state index is 12.7. The van der Waals surface area contributed by atoms with Gasteiger partial charge in [-0.15, -0.1) is 15.0 Å². The summed E-state index contributed by atoms with van der Waals surface area (Å²) in [5.74, 6) is -0.213. The van der Waals surface area contributed by atoms with Crippen LogP contribution >= 0.6 is 0 Å². The highest BCUT2D eigenvalue weighted by atomic mass is 19.4. The number of benzene rings is 2. The lowest BCUT2D eigenvalue weighted by molar-refractivity contribution is -0.137. The van der Waals surface area contributed by atoms with E-state index in [4.69, 9.17) is 0 Å². The van der Waals surface area contributed by atoms with Gasteiger partial charge in [0, 0.05) is 5.56 Å². The molecule has 0 saturated carbocycles. The lowest BCUT2D eigenvalue weighted by atomic mass is 10.1. The molecular weight excluding hydrogens is 311 g/mol. The van der Waals surface area contributed by atoms with E-state index >= 15 is 0 Å². The van der Waals surface area contributed by atoms with Crippen molar-refractivity contribution >= 4 is 11.0 Å². The first kappa shape index (κ1) is 15.3. The van der Waals surface area contributed by atoms with Crippen molar-refractivity contribution in [2.24, 2.45) is 0 Å². The van der Waals surface area contributed by atoms with Crippen molar-refractivity contribution in [3.05, 3.63) is 47.0 Å². The molecule has 0 bridgehead atoms. The zero-order valence-corrected chi connectivity index (χ0v) is 12.0. The summed E-state index contributed by atoms with van der Waals surface area (Å²) < 4.78 is 38.2. The highest BCUT2D eigenvalue weighted by Gasteiger charge is 2.31. The van der Waals surface area contributed by atoms with Crippen LogP contribution in [0.1, 0.15) is 16.7 Å². The van der Waals surface area contributed by atoms with Gasteiger partial charge in [-0.1, -0.05) is 0 Å². The number of alkyl halides is 3. The van der Waals surface area contributed by atoms with Crippen molar-refractivity contribution in [1.29, 1.82) is 0 Å². The number of halogens is 3. The topological polar surface area (TPSA) is 71.2 Å². The highest BCUT2D eigenvalue weighted by Crippen LogP contribution is 2.32. The number of aromatic hydroxyl groups is 1. The maximum Gasteiger partial charge on any atom is 0.416 e. The number of rotatable bonds is 2. The summed E-state index contributed by atoms with van der Waals surface area (Å²) in [6.45, 7) is 1.38. The van der Waals surface area contributed by atoms with Crippen LogP contribution in [0.3, 0.4) is 0 Å². The maximum absolute atomic E-state index is 12.7. The summed E-state index contributed by atoms with van der Waals surface area (Å²) in [5, 5.41) is 27.5. The molecule has 3 rings (SSSR count). The first-order valence-electron chi connectivity index (χ1n) is 6.67. The van der Waals surface area contributed by atoms with E-state index in [9.17, 15) is 23.4 Å². The predicted octanol–water partition coefficient (Wildman–Crippen LogP) is 2.95. The molecule has 0 saturated heterocycles. The Kier molecular flexibility index (Phi) is 3.48. The Morgan fingerprint density at radius 1 is 1.09 bits per heavy atom. The average molecular weight is 323 g/mol. The lowest BCUT2D eigenvalue weighted by Crippen LogP contribution is -2.04. The van der Waals surface area contributed by atoms with Gasteiger partial charge in [0.1, 0.15) is 22.5 Å². The average Bonchev–Trinajstić information content (AvgIpc) is 2.91. The minimum Gasteiger partial charge on any atom is -0.505 e. The van der Waals surface area contributed by atoms with Crippen LogP contribution in [-0.4, -0.2) is 25.2 Å². The number of aromatic nitrogens is 3. The van der Waals surface area contributed by atoms with Crippen LogP contribution in [0.15, 0.2) is 30.3 Å². The van der Waals surface area contributed by atoms with Crippen LogP contribution in [0, 0.1) is 6.92 Å². The highest BCUT2D eigenvalue weighted by molar-refractivity contribution is 5.75. The Morgan fingerprint density at radius 3 is 2.43 bits per heavy atom. The van der Waals surface area contributed by atoms with Gasteiger partial charge in [-0.3, -0.25) is 0 Å². The predicted molar refractivity (Wildman–Crippen MR) is 76.2 cm³/mol. The number of hydrogen-bond donors (Lipinski definition) is 2. The minimum atomic E-state index is -4.46. The van der Waals surface area contributed by atoms with E-state index in [1.807, 2.05) is 0 Å². The third kappa shape index (κ3) is 2.72. The van der Waals surface area contributed by atoms with Crippen LogP contribution in [0.2, 0.25) is 0 Å². The Bertz CT molecular complexity index is 888. The number of aliphatic hydroxyl groups is 1. The van der Waals surface area contributed by atoms with Crippen LogP contribution in [0.5, 0.6) is 5.75 Å². The summed E-state index contributed by atoms with van der Waals surface area (Å²) in [6, 6.07) is 6.23. The van der Waals surface area contributed by atoms with Crippen LogP contribution in [-0.2, 0) is 12.8 Å². The summed E-state index contributed by atoms with van der Waals surface area (Å²) >= 11 is 0. The molecule has 5 nitrogen and oxygen atoms in total. The molecule has 1 heterocycles. The number of hydrogen-bond acceptors (Lipinski definition) is 4. The molecular formula is C15H12F3N3O2. The molecule has 120 valence electrons. The van der Waals surface area contributed by atoms with Crippen molar-refractivity contribution < 1.29 is 23.4 Å². The molecule has 3 aromatic rings. The van der Waals surface area contributed by atoms with Gasteiger partial charge in [0.05, 0.1) is 12.2 Å². The molecule has 0 aliphatic carbocycles. The molecule has 23 heavy (non-hydrogen) atoms. The third-order valence-electron chi connectivity index (χ3n) is 3.41. The van der Waals surface area contributed by atoms with Gasteiger partial charge in [0.2, 0.25) is 0 Å². The largest absolute Gasteiger partial charge is 0.505 e. The zero-order valence-electron chi connectivity index (χ0n) is 12.0. The van der Waals surface area contributed by atoms with Gasteiger partial charge >= 0.3 is 6.18 Å². The van der Waals surface area contributed by atoms with Crippen LogP contribution in [0.25, 0.3) is 16.7 Å². The summed E-state index contributed by atoms with van der Waals surface area (Å²) in [5.41, 5.74) is 0.743. The Hall–Kier alpha value is -2.61. The summed E-state index contributed by atoms with van der Waals surface area (Å²) in [6.07, 6.45) is -4.46. The second-order valence-electron chi connectivity index (χ2n) is 5.14. The van der Waals surface area contributed by atoms with Crippen molar-refractivity contribution in [3.8, 4) is 11.4 Å². The first-order chi connectivity index (χ1) is 10.8. The Morgan fingerprint density at radius 2 is 1.78 bits per heavy atom. The first-order valence-corrected chi connectivity index (χ1v) is 6.67. The van der Waals surface area contributed by atoms with E-state index in [0.29, 0.717) is 0 Å². The van der Waals surface area contributed by atoms with E-state index in [0.717, 1.165) is 22.5 Å². The smallest absolute Gasteiger partial charge is 0.416 e. The lowest BCUT2D eigenvalue weighted by Gasteiger charge is -2.08. The number of fused-ring (bicyclic) bond motifs is 1. The van der Waals surface area contributed by atoms with Gasteiger partial charge in [-0.25, -0.2) is 0 Å². The molecule has 0 spiro atoms. The number of nitrogens with zero attached hydrogens (tertiary/aromatic N) is 3. The van der Waals surface area contributed by atoms with Gasteiger partial charge < -0.3 is 10.2 Å². The summed E-state index contributed by atoms with van der Waals surface area (Å²) in [4.78, 5) is 1.06. The monoisotopic (exact) mass is 323 g/mol. The molecule has 0 aliphatic heterocycles. The molecule has 2 N–H and O–H groups in total. The van der Waals surface area contributed by atoms with Crippen molar-refractivity contribution in [3.63, 3.8) is 0 Å². The third-order valence-corrected chi connectivity index (χ3v) is 3.41. The molecule has 2 aromatic carbocycles. The molecule has 0 fully saturated rings. The fourth-order valence-corrected chi connectivity index (χ4v) is 2.30. The van der Waals surface area contributed by atoms with Crippen molar-refractivity contribution in [2.45, 2.75) is 19.7 Å². The van der Waals surface area contributed by atoms with Gasteiger partial charge in [-0.05, 0) is 42.8 Å². The fraction of sp³-hybridized carbons (Fsp3) is 0.200. The molecule has 0 amide bonds. The molecule has 1 aromatic heterocycles. The SMILES string of the molecule is Cc1cc(CO)c(O)c(-n2nc3ccc(C(F)(F)F)cc3n2)c1. The number of aliphatic hydroxyl groups excluding tert-OH is 1. The van der Waals surface area contributed by atoms with E-state index in [-0.39, 0.29) is 34.6 Å². The van der Waals surface area contributed by atoms with Crippen LogP contribution < -0.4 is 0 Å². The molecule has 0 radical (unpaired) electrons. The molecule has 0 unspecified atom stereocenters. The second-order valence-corrected chi connectivity index (χ2v) is 5.14. The van der Waals surface area contributed by atoms with Gasteiger partial charge in [-0.2, -0.15) is 13.2 Å². The quantitative estimate of drug-likeness (QED) is 0.761. The zero-order chi connectivity index (χ0) is 16.8. The van der Waals surface area contributed by atoms with E-state index in [1.54, 1.807) is 19.1 Å². The van der Waals surface area contributed by atoms with Gasteiger partial charge in [0.15, 0.2) is 0 Å². The second kappa shape index (κ2) is 5.24. The van der Waals surface area contributed by atoms with Crippen molar-refractivity contribution in [1.82, 2.24) is 15.0 Å². The van der Waals surface area contributed by atoms with Gasteiger partial charge in [0.25, 0.3) is 0 Å². The minimum absolute atomic E-state index is 0.0614. The molecule has 8 heteroatoms. The standard InChI is InChI=1S/C15H12F3N3O2/c1-8-4-9(7-22)14(23)13(5-8)21-19-11-3-2-10(15(16,17)18)6-12(11)20-21/h2-6,22-23H,7H2,1H3.